The Morgan fingerprint density at radius 2 is 1.83 bits per heavy atom. The summed E-state index contributed by atoms with van der Waals surface area (Å²) in [7, 11) is 0. The molecule has 4 heterocycles. The fourth-order valence-corrected chi connectivity index (χ4v) is 4.59. The summed E-state index contributed by atoms with van der Waals surface area (Å²) in [6, 6.07) is 19.3. The molecule has 0 bridgehead atoms. The molecule has 2 aliphatic heterocycles. The summed E-state index contributed by atoms with van der Waals surface area (Å²) in [6.45, 7) is 2.13. The van der Waals surface area contributed by atoms with Crippen LogP contribution in [-0.4, -0.2) is 40.9 Å². The van der Waals surface area contributed by atoms with E-state index in [1.807, 2.05) is 60.7 Å². The Morgan fingerprint density at radius 3 is 2.69 bits per heavy atom. The van der Waals surface area contributed by atoms with Gasteiger partial charge in [0.15, 0.2) is 11.5 Å². The lowest BCUT2D eigenvalue weighted by Crippen LogP contribution is -2.40. The maximum atomic E-state index is 12.8. The minimum Gasteiger partial charge on any atom is -0.454 e. The molecule has 4 aromatic rings. The minimum absolute atomic E-state index is 0.0458. The number of hydrogen-bond donors (Lipinski definition) is 1. The summed E-state index contributed by atoms with van der Waals surface area (Å²) in [5.74, 6) is 3.24. The second-order valence-corrected chi connectivity index (χ2v) is 8.83. The maximum absolute atomic E-state index is 12.8. The average molecular weight is 484 g/mol. The van der Waals surface area contributed by atoms with E-state index in [1.165, 1.54) is 0 Å². The van der Waals surface area contributed by atoms with E-state index in [0.717, 1.165) is 46.8 Å². The molecule has 36 heavy (non-hydrogen) atoms. The molecule has 0 atom stereocenters. The fraction of sp³-hybridized carbons (Fsp3) is 0.259. The molecular weight excluding hydrogens is 458 g/mol. The summed E-state index contributed by atoms with van der Waals surface area (Å²) in [4.78, 5) is 24.2. The van der Waals surface area contributed by atoms with Gasteiger partial charge < -0.3 is 24.2 Å². The third-order valence-corrected chi connectivity index (χ3v) is 6.54. The molecule has 0 radical (unpaired) electrons. The number of ether oxygens (including phenoxy) is 2. The Morgan fingerprint density at radius 1 is 1.00 bits per heavy atom. The molecule has 0 aliphatic carbocycles. The number of hydrogen-bond acceptors (Lipinski definition) is 8. The molecular formula is C27H25N5O4. The van der Waals surface area contributed by atoms with Crippen LogP contribution in [0, 0.1) is 5.92 Å². The number of aromatic nitrogens is 3. The molecule has 6 rings (SSSR count). The third-order valence-electron chi connectivity index (χ3n) is 6.54. The normalized spacial score (nSPS) is 15.2. The van der Waals surface area contributed by atoms with Crippen LogP contribution >= 0.6 is 0 Å². The zero-order chi connectivity index (χ0) is 24.3. The Hall–Kier alpha value is -4.40. The predicted molar refractivity (Wildman–Crippen MR) is 132 cm³/mol. The van der Waals surface area contributed by atoms with Crippen molar-refractivity contribution in [2.24, 2.45) is 5.92 Å². The van der Waals surface area contributed by atoms with Gasteiger partial charge in [-0.1, -0.05) is 41.6 Å². The van der Waals surface area contributed by atoms with E-state index in [2.05, 4.69) is 25.3 Å². The standard InChI is InChI=1S/C27H25N5O4/c33-26(29-16-18-8-9-22-23(15-18)35-17-34-22)20-10-13-32(14-11-20)25-21(7-4-12-28-25)27-30-24(31-36-27)19-5-2-1-3-6-19/h1-9,12,15,20H,10-11,13-14,16-17H2,(H,29,33). The molecule has 1 saturated heterocycles. The van der Waals surface area contributed by atoms with Gasteiger partial charge in [0.1, 0.15) is 5.82 Å². The molecule has 2 aromatic carbocycles. The number of carbonyl (C=O) groups is 1. The van der Waals surface area contributed by atoms with Crippen LogP contribution in [0.3, 0.4) is 0 Å². The molecule has 0 spiro atoms. The van der Waals surface area contributed by atoms with E-state index in [9.17, 15) is 4.79 Å². The number of carbonyl (C=O) groups excluding carboxylic acids is 1. The van der Waals surface area contributed by atoms with Crippen LogP contribution in [0.15, 0.2) is 71.4 Å². The summed E-state index contributed by atoms with van der Waals surface area (Å²) < 4.78 is 16.4. The largest absolute Gasteiger partial charge is 0.454 e. The number of nitrogens with one attached hydrogen (secondary N) is 1. The van der Waals surface area contributed by atoms with Crippen molar-refractivity contribution in [3.63, 3.8) is 0 Å². The molecule has 182 valence electrons. The van der Waals surface area contributed by atoms with E-state index >= 15 is 0 Å². The summed E-state index contributed by atoms with van der Waals surface area (Å²) >= 11 is 0. The van der Waals surface area contributed by atoms with Gasteiger partial charge in [-0.05, 0) is 42.7 Å². The number of benzene rings is 2. The van der Waals surface area contributed by atoms with Crippen LogP contribution < -0.4 is 19.7 Å². The van der Waals surface area contributed by atoms with Crippen LogP contribution in [0.1, 0.15) is 18.4 Å². The SMILES string of the molecule is O=C(NCc1ccc2c(c1)OCO2)C1CCN(c2ncccc2-c2nc(-c3ccccc3)no2)CC1. The van der Waals surface area contributed by atoms with Crippen LogP contribution in [0.4, 0.5) is 5.82 Å². The molecule has 2 aromatic heterocycles. The molecule has 1 fully saturated rings. The zero-order valence-corrected chi connectivity index (χ0v) is 19.6. The average Bonchev–Trinajstić information content (AvgIpc) is 3.62. The lowest BCUT2D eigenvalue weighted by Gasteiger charge is -2.32. The Labute approximate surface area is 208 Å². The van der Waals surface area contributed by atoms with Gasteiger partial charge in [0.25, 0.3) is 5.89 Å². The predicted octanol–water partition coefficient (Wildman–Crippen LogP) is 4.06. The Balaban J connectivity index is 1.09. The van der Waals surface area contributed by atoms with Gasteiger partial charge >= 0.3 is 0 Å². The molecule has 9 nitrogen and oxygen atoms in total. The van der Waals surface area contributed by atoms with Gasteiger partial charge in [-0.25, -0.2) is 4.98 Å². The van der Waals surface area contributed by atoms with Gasteiger partial charge in [-0.2, -0.15) is 4.98 Å². The molecule has 2 aliphatic rings. The number of pyridine rings is 1. The number of amides is 1. The zero-order valence-electron chi connectivity index (χ0n) is 19.6. The highest BCUT2D eigenvalue weighted by Gasteiger charge is 2.28. The number of rotatable bonds is 6. The summed E-state index contributed by atoms with van der Waals surface area (Å²) in [5.41, 5.74) is 2.67. The third kappa shape index (κ3) is 4.47. The van der Waals surface area contributed by atoms with Crippen LogP contribution in [-0.2, 0) is 11.3 Å². The van der Waals surface area contributed by atoms with Crippen molar-refractivity contribution in [3.8, 4) is 34.3 Å². The Kier molecular flexibility index (Phi) is 5.95. The first-order valence-corrected chi connectivity index (χ1v) is 12.0. The van der Waals surface area contributed by atoms with Gasteiger partial charge in [0.2, 0.25) is 18.5 Å². The second-order valence-electron chi connectivity index (χ2n) is 8.83. The summed E-state index contributed by atoms with van der Waals surface area (Å²) in [5, 5.41) is 7.22. The van der Waals surface area contributed by atoms with E-state index in [0.29, 0.717) is 31.3 Å². The first-order chi connectivity index (χ1) is 17.7. The van der Waals surface area contributed by atoms with Crippen molar-refractivity contribution in [2.45, 2.75) is 19.4 Å². The van der Waals surface area contributed by atoms with Crippen molar-refractivity contribution in [1.82, 2.24) is 20.4 Å². The van der Waals surface area contributed by atoms with Gasteiger partial charge in [-0.3, -0.25) is 4.79 Å². The lowest BCUT2D eigenvalue weighted by molar-refractivity contribution is -0.125. The van der Waals surface area contributed by atoms with E-state index in [-0.39, 0.29) is 18.6 Å². The van der Waals surface area contributed by atoms with Crippen molar-refractivity contribution < 1.29 is 18.8 Å². The number of piperidine rings is 1. The lowest BCUT2D eigenvalue weighted by atomic mass is 9.95. The molecule has 9 heteroatoms. The van der Waals surface area contributed by atoms with E-state index in [1.54, 1.807) is 6.20 Å². The van der Waals surface area contributed by atoms with E-state index < -0.39 is 0 Å². The van der Waals surface area contributed by atoms with Gasteiger partial charge in [0.05, 0.1) is 5.56 Å². The van der Waals surface area contributed by atoms with Crippen LogP contribution in [0.2, 0.25) is 0 Å². The monoisotopic (exact) mass is 483 g/mol. The quantitative estimate of drug-likeness (QED) is 0.438. The highest BCUT2D eigenvalue weighted by Crippen LogP contribution is 2.33. The molecule has 1 N–H and O–H groups in total. The molecule has 0 unspecified atom stereocenters. The number of anilines is 1. The second kappa shape index (κ2) is 9.69. The first-order valence-electron chi connectivity index (χ1n) is 12.0. The first kappa shape index (κ1) is 22.1. The van der Waals surface area contributed by atoms with Gasteiger partial charge in [-0.15, -0.1) is 0 Å². The van der Waals surface area contributed by atoms with Crippen molar-refractivity contribution in [1.29, 1.82) is 0 Å². The smallest absolute Gasteiger partial charge is 0.261 e. The van der Waals surface area contributed by atoms with Crippen LogP contribution in [0.5, 0.6) is 11.5 Å². The van der Waals surface area contributed by atoms with E-state index in [4.69, 9.17) is 14.0 Å². The highest BCUT2D eigenvalue weighted by atomic mass is 16.7. The van der Waals surface area contributed by atoms with Crippen molar-refractivity contribution in [2.75, 3.05) is 24.8 Å². The van der Waals surface area contributed by atoms with Crippen molar-refractivity contribution >= 4 is 11.7 Å². The fourth-order valence-electron chi connectivity index (χ4n) is 4.59. The molecule has 1 amide bonds. The topological polar surface area (TPSA) is 103 Å². The Bertz CT molecular complexity index is 1370. The molecule has 0 saturated carbocycles. The van der Waals surface area contributed by atoms with Crippen LogP contribution in [0.25, 0.3) is 22.8 Å². The highest BCUT2D eigenvalue weighted by molar-refractivity contribution is 5.79. The minimum atomic E-state index is -0.0458. The van der Waals surface area contributed by atoms with Gasteiger partial charge in [0, 0.05) is 37.3 Å². The number of fused-ring (bicyclic) bond motifs is 1. The van der Waals surface area contributed by atoms with Crippen molar-refractivity contribution in [3.05, 3.63) is 72.4 Å². The summed E-state index contributed by atoms with van der Waals surface area (Å²) in [6.07, 6.45) is 3.24. The maximum Gasteiger partial charge on any atom is 0.261 e. The number of nitrogens with zero attached hydrogens (tertiary/aromatic N) is 4.